The van der Waals surface area contributed by atoms with Crippen molar-refractivity contribution in [1.29, 1.82) is 0 Å². The Morgan fingerprint density at radius 1 is 0.370 bits per heavy atom. The van der Waals surface area contributed by atoms with Gasteiger partial charge in [-0.15, -0.1) is 0 Å². The third kappa shape index (κ3) is 59.7. The van der Waals surface area contributed by atoms with Gasteiger partial charge >= 0.3 is 5.97 Å². The van der Waals surface area contributed by atoms with Crippen LogP contribution in [0.1, 0.15) is 380 Å². The molecule has 0 aliphatic heterocycles. The first-order chi connectivity index (χ1) is 36.0. The fourth-order valence-corrected chi connectivity index (χ4v) is 10.7. The Labute approximate surface area is 457 Å². The van der Waals surface area contributed by atoms with Crippen LogP contribution in [0.3, 0.4) is 0 Å². The number of amides is 1. The molecule has 0 bridgehead atoms. The van der Waals surface area contributed by atoms with Gasteiger partial charge in [-0.2, -0.15) is 0 Å². The molecule has 6 heteroatoms. The molecule has 0 aliphatic carbocycles. The van der Waals surface area contributed by atoms with E-state index in [4.69, 9.17) is 4.74 Å². The smallest absolute Gasteiger partial charge is 0.305 e. The summed E-state index contributed by atoms with van der Waals surface area (Å²) in [6.07, 6.45) is 76.6. The van der Waals surface area contributed by atoms with Gasteiger partial charge in [0.25, 0.3) is 0 Å². The molecule has 0 aromatic rings. The Morgan fingerprint density at radius 2 is 0.644 bits per heavy atom. The quantitative estimate of drug-likeness (QED) is 0.0320. The number of hydrogen-bond donors (Lipinski definition) is 3. The molecule has 1 amide bonds. The van der Waals surface area contributed by atoms with Gasteiger partial charge in [-0.1, -0.05) is 328 Å². The van der Waals surface area contributed by atoms with Crippen molar-refractivity contribution in [3.05, 3.63) is 12.2 Å². The number of rotatable bonds is 63. The van der Waals surface area contributed by atoms with Crippen LogP contribution in [0.4, 0.5) is 0 Å². The molecule has 0 fully saturated rings. The zero-order chi connectivity index (χ0) is 52.9. The minimum Gasteiger partial charge on any atom is -0.466 e. The Hall–Kier alpha value is -1.40. The predicted octanol–water partition coefficient (Wildman–Crippen LogP) is 21.2. The Kier molecular flexibility index (Phi) is 61.9. The minimum absolute atomic E-state index is 0.00387. The van der Waals surface area contributed by atoms with E-state index in [0.717, 1.165) is 44.9 Å². The third-order valence-corrected chi connectivity index (χ3v) is 15.8. The number of ether oxygens (including phenoxy) is 1. The monoisotopic (exact) mass is 1030 g/mol. The normalized spacial score (nSPS) is 12.5. The van der Waals surface area contributed by atoms with E-state index in [-0.39, 0.29) is 18.5 Å². The summed E-state index contributed by atoms with van der Waals surface area (Å²) in [5.74, 6) is -0.0286. The zero-order valence-corrected chi connectivity index (χ0v) is 49.6. The molecule has 0 heterocycles. The maximum absolute atomic E-state index is 12.5. The number of carbonyl (C=O) groups is 2. The lowest BCUT2D eigenvalue weighted by atomic mass is 10.0. The number of nitrogens with one attached hydrogen (secondary N) is 1. The molecule has 0 spiro atoms. The Bertz CT molecular complexity index is 1100. The third-order valence-electron chi connectivity index (χ3n) is 15.8. The van der Waals surface area contributed by atoms with Crippen molar-refractivity contribution in [3.8, 4) is 0 Å². The van der Waals surface area contributed by atoms with E-state index in [0.29, 0.717) is 25.9 Å². The topological polar surface area (TPSA) is 95.9 Å². The Morgan fingerprint density at radius 3 is 0.973 bits per heavy atom. The summed E-state index contributed by atoms with van der Waals surface area (Å²) in [5, 5.41) is 23.4. The lowest BCUT2D eigenvalue weighted by molar-refractivity contribution is -0.143. The van der Waals surface area contributed by atoms with Gasteiger partial charge in [-0.3, -0.25) is 9.59 Å². The average Bonchev–Trinajstić information content (AvgIpc) is 3.39. The highest BCUT2D eigenvalue weighted by atomic mass is 16.5. The van der Waals surface area contributed by atoms with Gasteiger partial charge in [0.15, 0.2) is 0 Å². The van der Waals surface area contributed by atoms with Crippen molar-refractivity contribution in [1.82, 2.24) is 5.32 Å². The molecular formula is C67H131NO5. The molecule has 0 radical (unpaired) electrons. The molecule has 0 aromatic heterocycles. The molecule has 2 unspecified atom stereocenters. The molecule has 0 aliphatic rings. The molecule has 0 rings (SSSR count). The molecular weight excluding hydrogens is 899 g/mol. The summed E-state index contributed by atoms with van der Waals surface area (Å²) in [4.78, 5) is 24.6. The minimum atomic E-state index is -0.666. The van der Waals surface area contributed by atoms with Crippen LogP contribution in [0, 0.1) is 0 Å². The fourth-order valence-electron chi connectivity index (χ4n) is 10.7. The lowest BCUT2D eigenvalue weighted by Gasteiger charge is -2.22. The van der Waals surface area contributed by atoms with E-state index in [9.17, 15) is 19.8 Å². The molecule has 73 heavy (non-hydrogen) atoms. The van der Waals surface area contributed by atoms with Crippen LogP contribution in [-0.2, 0) is 14.3 Å². The van der Waals surface area contributed by atoms with E-state index in [1.165, 1.54) is 302 Å². The van der Waals surface area contributed by atoms with Crippen LogP contribution in [0.2, 0.25) is 0 Å². The summed E-state index contributed by atoms with van der Waals surface area (Å²) in [5.41, 5.74) is 0. The summed E-state index contributed by atoms with van der Waals surface area (Å²) in [6.45, 7) is 4.98. The van der Waals surface area contributed by atoms with E-state index < -0.39 is 12.1 Å². The van der Waals surface area contributed by atoms with Crippen LogP contribution in [0.15, 0.2) is 12.2 Å². The number of aliphatic hydroxyl groups is 2. The Balaban J connectivity index is 3.39. The van der Waals surface area contributed by atoms with Crippen molar-refractivity contribution in [2.75, 3.05) is 13.2 Å². The van der Waals surface area contributed by atoms with Gasteiger partial charge in [0.2, 0.25) is 5.91 Å². The first-order valence-corrected chi connectivity index (χ1v) is 33.4. The standard InChI is InChI=1S/C67H131NO5/c1-3-5-7-9-11-13-15-17-19-20-21-22-25-28-32-35-39-43-47-51-55-59-65(70)64(63-69)68-66(71)60-56-52-48-44-40-36-33-29-26-23-24-27-30-34-38-42-46-50-54-58-62-73-67(72)61-57-53-49-45-41-37-31-18-16-14-12-10-8-6-4-2/h18,31,64-65,69-70H,3-17,19-30,32-63H2,1-2H3,(H,68,71)/b31-18-. The number of esters is 1. The van der Waals surface area contributed by atoms with Crippen LogP contribution in [0.5, 0.6) is 0 Å². The van der Waals surface area contributed by atoms with E-state index in [1.54, 1.807) is 0 Å². The van der Waals surface area contributed by atoms with Crippen LogP contribution >= 0.6 is 0 Å². The van der Waals surface area contributed by atoms with Crippen LogP contribution < -0.4 is 5.32 Å². The second-order valence-electron chi connectivity index (χ2n) is 23.2. The number of aliphatic hydroxyl groups excluding tert-OH is 2. The summed E-state index contributed by atoms with van der Waals surface area (Å²) < 4.78 is 5.49. The maximum atomic E-state index is 12.5. The summed E-state index contributed by atoms with van der Waals surface area (Å²) in [7, 11) is 0. The van der Waals surface area contributed by atoms with Crippen LogP contribution in [-0.4, -0.2) is 47.4 Å². The molecule has 0 saturated carbocycles. The molecule has 0 aromatic carbocycles. The van der Waals surface area contributed by atoms with Gasteiger partial charge < -0.3 is 20.3 Å². The molecule has 434 valence electrons. The van der Waals surface area contributed by atoms with E-state index >= 15 is 0 Å². The van der Waals surface area contributed by atoms with Gasteiger partial charge in [-0.05, 0) is 51.4 Å². The molecule has 0 saturated heterocycles. The van der Waals surface area contributed by atoms with Gasteiger partial charge in [0, 0.05) is 12.8 Å². The predicted molar refractivity (Wildman–Crippen MR) is 320 cm³/mol. The second kappa shape index (κ2) is 63.1. The van der Waals surface area contributed by atoms with Crippen molar-refractivity contribution in [2.45, 2.75) is 392 Å². The van der Waals surface area contributed by atoms with Crippen molar-refractivity contribution in [2.24, 2.45) is 0 Å². The molecule has 6 nitrogen and oxygen atoms in total. The van der Waals surface area contributed by atoms with Crippen molar-refractivity contribution >= 4 is 11.9 Å². The van der Waals surface area contributed by atoms with Crippen molar-refractivity contribution < 1.29 is 24.5 Å². The highest BCUT2D eigenvalue weighted by Crippen LogP contribution is 2.19. The van der Waals surface area contributed by atoms with E-state index in [2.05, 4.69) is 31.3 Å². The highest BCUT2D eigenvalue weighted by Gasteiger charge is 2.20. The first-order valence-electron chi connectivity index (χ1n) is 33.4. The van der Waals surface area contributed by atoms with Crippen LogP contribution in [0.25, 0.3) is 0 Å². The maximum Gasteiger partial charge on any atom is 0.305 e. The fraction of sp³-hybridized carbons (Fsp3) is 0.940. The SMILES string of the molecule is CCCCCCCC/C=C\CCCCCCCC(=O)OCCCCCCCCCCCCCCCCCCCCCCC(=O)NC(CO)C(O)CCCCCCCCCCCCCCCCCCCCCCC. The van der Waals surface area contributed by atoms with E-state index in [1.807, 2.05) is 0 Å². The average molecular weight is 1030 g/mol. The number of unbranched alkanes of at least 4 members (excludes halogenated alkanes) is 50. The zero-order valence-electron chi connectivity index (χ0n) is 49.6. The van der Waals surface area contributed by atoms with Gasteiger partial charge in [0.1, 0.15) is 0 Å². The second-order valence-corrected chi connectivity index (χ2v) is 23.2. The number of carbonyl (C=O) groups excluding carboxylic acids is 2. The number of hydrogen-bond acceptors (Lipinski definition) is 5. The molecule has 2 atom stereocenters. The summed E-state index contributed by atoms with van der Waals surface area (Å²) >= 11 is 0. The van der Waals surface area contributed by atoms with Gasteiger partial charge in [0.05, 0.1) is 25.4 Å². The first kappa shape index (κ1) is 71.6. The number of allylic oxidation sites excluding steroid dienone is 2. The molecule has 3 N–H and O–H groups in total. The lowest BCUT2D eigenvalue weighted by Crippen LogP contribution is -2.45. The van der Waals surface area contributed by atoms with Crippen molar-refractivity contribution in [3.63, 3.8) is 0 Å². The largest absolute Gasteiger partial charge is 0.466 e. The van der Waals surface area contributed by atoms with Gasteiger partial charge in [-0.25, -0.2) is 0 Å². The highest BCUT2D eigenvalue weighted by molar-refractivity contribution is 5.76. The summed E-state index contributed by atoms with van der Waals surface area (Å²) in [6, 6.07) is -0.543.